The molecule has 0 heterocycles. The molecule has 1 N–H and O–H groups in total. The van der Waals surface area contributed by atoms with Gasteiger partial charge in [-0.15, -0.1) is 0 Å². The van der Waals surface area contributed by atoms with Crippen LogP contribution in [0.5, 0.6) is 0 Å². The van der Waals surface area contributed by atoms with Crippen molar-refractivity contribution in [3.05, 3.63) is 35.4 Å². The maximum absolute atomic E-state index is 13.0. The highest BCUT2D eigenvalue weighted by Gasteiger charge is 2.10. The van der Waals surface area contributed by atoms with Crippen molar-refractivity contribution >= 4 is 0 Å². The molecule has 0 amide bonds. The number of likely N-dealkylation sites (N-methyl/N-ethyl adjacent to an activating group) is 1. The Hall–Kier alpha value is -1.00. The second-order valence-corrected chi connectivity index (χ2v) is 3.99. The highest BCUT2D eigenvalue weighted by molar-refractivity contribution is 5.18. The van der Waals surface area contributed by atoms with Crippen LogP contribution >= 0.6 is 0 Å². The highest BCUT2D eigenvalue weighted by Crippen LogP contribution is 2.11. The molecule has 2 nitrogen and oxygen atoms in total. The van der Waals surface area contributed by atoms with Gasteiger partial charge in [-0.1, -0.05) is 13.0 Å². The van der Waals surface area contributed by atoms with Gasteiger partial charge in [0, 0.05) is 19.8 Å². The van der Waals surface area contributed by atoms with E-state index in [1.165, 1.54) is 12.1 Å². The number of nitrogens with one attached hydrogen (secondary N) is 1. The SMILES string of the molecule is CCNC(CCOC)Cc1ccc(F)c(F)c1. The Morgan fingerprint density at radius 3 is 2.65 bits per heavy atom. The monoisotopic (exact) mass is 243 g/mol. The van der Waals surface area contributed by atoms with E-state index < -0.39 is 11.6 Å². The molecule has 1 rings (SSSR count). The topological polar surface area (TPSA) is 21.3 Å². The maximum Gasteiger partial charge on any atom is 0.159 e. The van der Waals surface area contributed by atoms with Crippen molar-refractivity contribution in [2.45, 2.75) is 25.8 Å². The van der Waals surface area contributed by atoms with E-state index in [-0.39, 0.29) is 6.04 Å². The van der Waals surface area contributed by atoms with Crippen LogP contribution in [0.1, 0.15) is 18.9 Å². The van der Waals surface area contributed by atoms with Crippen LogP contribution in [-0.2, 0) is 11.2 Å². The second kappa shape index (κ2) is 7.35. The van der Waals surface area contributed by atoms with Crippen LogP contribution in [0.3, 0.4) is 0 Å². The molecule has 4 heteroatoms. The van der Waals surface area contributed by atoms with Crippen LogP contribution in [0.2, 0.25) is 0 Å². The number of ether oxygens (including phenoxy) is 1. The molecule has 0 saturated carbocycles. The van der Waals surface area contributed by atoms with E-state index in [4.69, 9.17) is 4.74 Å². The van der Waals surface area contributed by atoms with Gasteiger partial charge in [0.15, 0.2) is 11.6 Å². The first-order valence-corrected chi connectivity index (χ1v) is 5.83. The summed E-state index contributed by atoms with van der Waals surface area (Å²) in [5, 5.41) is 3.30. The van der Waals surface area contributed by atoms with E-state index in [1.807, 2.05) is 6.92 Å². The lowest BCUT2D eigenvalue weighted by atomic mass is 10.0. The number of hydrogen-bond donors (Lipinski definition) is 1. The molecule has 0 radical (unpaired) electrons. The predicted molar refractivity (Wildman–Crippen MR) is 64.0 cm³/mol. The van der Waals surface area contributed by atoms with E-state index in [0.29, 0.717) is 13.0 Å². The van der Waals surface area contributed by atoms with Crippen molar-refractivity contribution in [1.29, 1.82) is 0 Å². The van der Waals surface area contributed by atoms with E-state index in [9.17, 15) is 8.78 Å². The van der Waals surface area contributed by atoms with Crippen LogP contribution in [0.15, 0.2) is 18.2 Å². The molecule has 0 spiro atoms. The Labute approximate surface area is 101 Å². The van der Waals surface area contributed by atoms with E-state index in [2.05, 4.69) is 5.32 Å². The molecule has 17 heavy (non-hydrogen) atoms. The van der Waals surface area contributed by atoms with E-state index >= 15 is 0 Å². The third-order valence-electron chi connectivity index (χ3n) is 2.63. The first-order chi connectivity index (χ1) is 8.17. The summed E-state index contributed by atoms with van der Waals surface area (Å²) in [4.78, 5) is 0. The Morgan fingerprint density at radius 2 is 2.06 bits per heavy atom. The number of methoxy groups -OCH3 is 1. The Kier molecular flexibility index (Phi) is 6.08. The zero-order valence-corrected chi connectivity index (χ0v) is 10.3. The molecule has 1 unspecified atom stereocenters. The summed E-state index contributed by atoms with van der Waals surface area (Å²) in [6.45, 7) is 3.52. The molecule has 0 fully saturated rings. The molecular weight excluding hydrogens is 224 g/mol. The summed E-state index contributed by atoms with van der Waals surface area (Å²) in [6.07, 6.45) is 1.53. The van der Waals surface area contributed by atoms with Crippen LogP contribution in [0.4, 0.5) is 8.78 Å². The van der Waals surface area contributed by atoms with Gasteiger partial charge in [0.2, 0.25) is 0 Å². The molecule has 0 aliphatic carbocycles. The van der Waals surface area contributed by atoms with E-state index in [0.717, 1.165) is 18.5 Å². The van der Waals surface area contributed by atoms with Crippen molar-refractivity contribution in [2.24, 2.45) is 0 Å². The van der Waals surface area contributed by atoms with Crippen LogP contribution in [0.25, 0.3) is 0 Å². The molecule has 0 bridgehead atoms. The lowest BCUT2D eigenvalue weighted by Gasteiger charge is -2.17. The van der Waals surface area contributed by atoms with Gasteiger partial charge in [0.05, 0.1) is 0 Å². The summed E-state index contributed by atoms with van der Waals surface area (Å²) < 4.78 is 30.8. The number of benzene rings is 1. The fourth-order valence-corrected chi connectivity index (χ4v) is 1.78. The molecule has 0 aromatic heterocycles. The fraction of sp³-hybridized carbons (Fsp3) is 0.538. The largest absolute Gasteiger partial charge is 0.385 e. The standard InChI is InChI=1S/C13H19F2NO/c1-3-16-11(6-7-17-2)8-10-4-5-12(14)13(15)9-10/h4-5,9,11,16H,3,6-8H2,1-2H3. The van der Waals surface area contributed by atoms with Gasteiger partial charge in [-0.3, -0.25) is 0 Å². The van der Waals surface area contributed by atoms with Gasteiger partial charge in [0.25, 0.3) is 0 Å². The summed E-state index contributed by atoms with van der Waals surface area (Å²) in [5.41, 5.74) is 0.797. The van der Waals surface area contributed by atoms with Crippen LogP contribution in [0, 0.1) is 11.6 Å². The summed E-state index contributed by atoms with van der Waals surface area (Å²) in [5.74, 6) is -1.59. The first-order valence-electron chi connectivity index (χ1n) is 5.83. The van der Waals surface area contributed by atoms with Gasteiger partial charge in [0.1, 0.15) is 0 Å². The molecule has 0 saturated heterocycles. The number of hydrogen-bond acceptors (Lipinski definition) is 2. The van der Waals surface area contributed by atoms with Crippen molar-refractivity contribution in [3.8, 4) is 0 Å². The van der Waals surface area contributed by atoms with Crippen LogP contribution in [-0.4, -0.2) is 26.3 Å². The minimum atomic E-state index is -0.800. The number of halogens is 2. The third-order valence-corrected chi connectivity index (χ3v) is 2.63. The third kappa shape index (κ3) is 4.79. The predicted octanol–water partition coefficient (Wildman–Crippen LogP) is 2.52. The first kappa shape index (κ1) is 14.1. The second-order valence-electron chi connectivity index (χ2n) is 3.99. The smallest absolute Gasteiger partial charge is 0.159 e. The van der Waals surface area contributed by atoms with Crippen LogP contribution < -0.4 is 5.32 Å². The average molecular weight is 243 g/mol. The minimum absolute atomic E-state index is 0.227. The van der Waals surface area contributed by atoms with Gasteiger partial charge >= 0.3 is 0 Å². The molecule has 0 aliphatic rings. The van der Waals surface area contributed by atoms with E-state index in [1.54, 1.807) is 13.2 Å². The zero-order valence-electron chi connectivity index (χ0n) is 10.3. The quantitative estimate of drug-likeness (QED) is 0.794. The zero-order chi connectivity index (χ0) is 12.7. The van der Waals surface area contributed by atoms with Crippen molar-refractivity contribution < 1.29 is 13.5 Å². The van der Waals surface area contributed by atoms with Crippen molar-refractivity contribution in [2.75, 3.05) is 20.3 Å². The molecule has 1 aromatic rings. The van der Waals surface area contributed by atoms with Gasteiger partial charge < -0.3 is 10.1 Å². The summed E-state index contributed by atoms with van der Waals surface area (Å²) in [7, 11) is 1.65. The maximum atomic E-state index is 13.0. The lowest BCUT2D eigenvalue weighted by molar-refractivity contribution is 0.183. The molecular formula is C13H19F2NO. The minimum Gasteiger partial charge on any atom is -0.385 e. The molecule has 1 atom stereocenters. The number of rotatable bonds is 7. The molecule has 0 aliphatic heterocycles. The van der Waals surface area contributed by atoms with Crippen molar-refractivity contribution in [1.82, 2.24) is 5.32 Å². The Balaban J connectivity index is 2.61. The fourth-order valence-electron chi connectivity index (χ4n) is 1.78. The lowest BCUT2D eigenvalue weighted by Crippen LogP contribution is -2.32. The average Bonchev–Trinajstić information content (AvgIpc) is 2.31. The highest BCUT2D eigenvalue weighted by atomic mass is 19.2. The molecule has 96 valence electrons. The van der Waals surface area contributed by atoms with Crippen molar-refractivity contribution in [3.63, 3.8) is 0 Å². The summed E-state index contributed by atoms with van der Waals surface area (Å²) >= 11 is 0. The molecule has 1 aromatic carbocycles. The Morgan fingerprint density at radius 1 is 1.29 bits per heavy atom. The van der Waals surface area contributed by atoms with Gasteiger partial charge in [-0.05, 0) is 37.1 Å². The Bertz CT molecular complexity index is 344. The summed E-state index contributed by atoms with van der Waals surface area (Å²) in [6, 6.07) is 4.27. The van der Waals surface area contributed by atoms with Gasteiger partial charge in [-0.2, -0.15) is 0 Å². The normalized spacial score (nSPS) is 12.7. The van der Waals surface area contributed by atoms with Gasteiger partial charge in [-0.25, -0.2) is 8.78 Å².